The van der Waals surface area contributed by atoms with Crippen molar-refractivity contribution in [1.29, 1.82) is 0 Å². The zero-order valence-corrected chi connectivity index (χ0v) is 8.87. The lowest BCUT2D eigenvalue weighted by atomic mass is 10.4. The van der Waals surface area contributed by atoms with Crippen molar-refractivity contribution in [2.75, 3.05) is 13.6 Å². The Balaban J connectivity index is 3.48. The first-order valence-electron chi connectivity index (χ1n) is 4.18. The molecular formula is C10H14O5. The first kappa shape index (κ1) is 13.4. The molecule has 5 heteroatoms. The zero-order chi connectivity index (χ0) is 11.8. The Morgan fingerprint density at radius 1 is 0.933 bits per heavy atom. The van der Waals surface area contributed by atoms with E-state index >= 15 is 0 Å². The summed E-state index contributed by atoms with van der Waals surface area (Å²) >= 11 is 0. The Hall–Kier alpha value is -1.62. The Bertz CT molecular complexity index is 252. The molecule has 0 aliphatic rings. The van der Waals surface area contributed by atoms with Crippen LogP contribution >= 0.6 is 0 Å². The van der Waals surface area contributed by atoms with Crippen molar-refractivity contribution >= 4 is 11.9 Å². The molecule has 0 aliphatic heterocycles. The topological polar surface area (TPSA) is 61.8 Å². The summed E-state index contributed by atoms with van der Waals surface area (Å²) in [4.78, 5) is 21.6. The van der Waals surface area contributed by atoms with Crippen LogP contribution in [0.5, 0.6) is 0 Å². The SMILES string of the molecule is C=C(C)C(=O)OCOCOC(=O)C(=C)C. The lowest BCUT2D eigenvalue weighted by Crippen LogP contribution is -2.13. The van der Waals surface area contributed by atoms with E-state index in [2.05, 4.69) is 22.6 Å². The highest BCUT2D eigenvalue weighted by atomic mass is 16.8. The average Bonchev–Trinajstić information content (AvgIpc) is 2.16. The lowest BCUT2D eigenvalue weighted by molar-refractivity contribution is -0.171. The van der Waals surface area contributed by atoms with Crippen LogP contribution in [0.25, 0.3) is 0 Å². The zero-order valence-electron chi connectivity index (χ0n) is 8.87. The molecular weight excluding hydrogens is 200 g/mol. The van der Waals surface area contributed by atoms with E-state index in [4.69, 9.17) is 4.74 Å². The van der Waals surface area contributed by atoms with Gasteiger partial charge in [0.05, 0.1) is 0 Å². The van der Waals surface area contributed by atoms with Crippen LogP contribution < -0.4 is 0 Å². The Morgan fingerprint density at radius 3 is 1.53 bits per heavy atom. The molecule has 0 radical (unpaired) electrons. The van der Waals surface area contributed by atoms with Gasteiger partial charge in [-0.1, -0.05) is 13.2 Å². The van der Waals surface area contributed by atoms with Gasteiger partial charge in [0.2, 0.25) is 0 Å². The average molecular weight is 214 g/mol. The summed E-state index contributed by atoms with van der Waals surface area (Å²) in [5, 5.41) is 0. The van der Waals surface area contributed by atoms with Crippen LogP contribution in [0.15, 0.2) is 24.3 Å². The van der Waals surface area contributed by atoms with Crippen LogP contribution in [0.2, 0.25) is 0 Å². The van der Waals surface area contributed by atoms with Crippen molar-refractivity contribution in [2.24, 2.45) is 0 Å². The molecule has 0 aromatic rings. The van der Waals surface area contributed by atoms with Gasteiger partial charge in [-0.2, -0.15) is 0 Å². The summed E-state index contributed by atoms with van der Waals surface area (Å²) < 4.78 is 13.8. The van der Waals surface area contributed by atoms with Crippen molar-refractivity contribution in [1.82, 2.24) is 0 Å². The number of ether oxygens (including phenoxy) is 3. The van der Waals surface area contributed by atoms with Crippen LogP contribution in [-0.4, -0.2) is 25.5 Å². The quantitative estimate of drug-likeness (QED) is 0.287. The molecule has 0 atom stereocenters. The van der Waals surface area contributed by atoms with Crippen molar-refractivity contribution < 1.29 is 23.8 Å². The molecule has 0 fully saturated rings. The Kier molecular flexibility index (Phi) is 6.05. The Labute approximate surface area is 88.3 Å². The minimum Gasteiger partial charge on any atom is -0.435 e. The number of hydrogen-bond donors (Lipinski definition) is 0. The van der Waals surface area contributed by atoms with Gasteiger partial charge in [0.15, 0.2) is 13.6 Å². The fourth-order valence-electron chi connectivity index (χ4n) is 0.471. The molecule has 0 saturated heterocycles. The van der Waals surface area contributed by atoms with E-state index < -0.39 is 11.9 Å². The molecule has 84 valence electrons. The summed E-state index contributed by atoms with van der Waals surface area (Å²) in [7, 11) is 0. The summed E-state index contributed by atoms with van der Waals surface area (Å²) in [6, 6.07) is 0. The van der Waals surface area contributed by atoms with Gasteiger partial charge in [0.25, 0.3) is 0 Å². The second-order valence-electron chi connectivity index (χ2n) is 2.86. The molecule has 15 heavy (non-hydrogen) atoms. The molecule has 0 spiro atoms. The first-order valence-corrected chi connectivity index (χ1v) is 4.18. The van der Waals surface area contributed by atoms with E-state index in [0.29, 0.717) is 0 Å². The van der Waals surface area contributed by atoms with Crippen LogP contribution in [0, 0.1) is 0 Å². The first-order chi connectivity index (χ1) is 6.95. The number of esters is 2. The number of hydrogen-bond acceptors (Lipinski definition) is 5. The number of carbonyl (C=O) groups is 2. The van der Waals surface area contributed by atoms with Crippen molar-refractivity contribution in [3.05, 3.63) is 24.3 Å². The normalized spacial score (nSPS) is 9.20. The molecule has 0 amide bonds. The van der Waals surface area contributed by atoms with E-state index in [1.54, 1.807) is 0 Å². The molecule has 0 aromatic heterocycles. The van der Waals surface area contributed by atoms with Crippen LogP contribution in [0.3, 0.4) is 0 Å². The van der Waals surface area contributed by atoms with Gasteiger partial charge < -0.3 is 14.2 Å². The summed E-state index contributed by atoms with van der Waals surface area (Å²) in [5.41, 5.74) is 0.551. The fraction of sp³-hybridized carbons (Fsp3) is 0.400. The minimum absolute atomic E-state index is 0.275. The van der Waals surface area contributed by atoms with Gasteiger partial charge in [-0.05, 0) is 13.8 Å². The third kappa shape index (κ3) is 6.45. The van der Waals surface area contributed by atoms with Gasteiger partial charge in [0, 0.05) is 11.1 Å². The van der Waals surface area contributed by atoms with Crippen molar-refractivity contribution in [3.63, 3.8) is 0 Å². The van der Waals surface area contributed by atoms with Crippen LogP contribution in [0.4, 0.5) is 0 Å². The van der Waals surface area contributed by atoms with Gasteiger partial charge in [0.1, 0.15) is 0 Å². The summed E-state index contributed by atoms with van der Waals surface area (Å²) in [6.45, 7) is 9.23. The number of carbonyl (C=O) groups excluding carboxylic acids is 2. The maximum Gasteiger partial charge on any atom is 0.335 e. The summed E-state index contributed by atoms with van der Waals surface area (Å²) in [5.74, 6) is -1.11. The second-order valence-corrected chi connectivity index (χ2v) is 2.86. The van der Waals surface area contributed by atoms with E-state index in [1.165, 1.54) is 13.8 Å². The standard InChI is InChI=1S/C10H14O5/c1-7(2)9(11)14-5-13-6-15-10(12)8(3)4/h1,3,5-6H2,2,4H3. The smallest absolute Gasteiger partial charge is 0.335 e. The van der Waals surface area contributed by atoms with Gasteiger partial charge in [-0.15, -0.1) is 0 Å². The lowest BCUT2D eigenvalue weighted by Gasteiger charge is -2.06. The third-order valence-electron chi connectivity index (χ3n) is 1.24. The molecule has 0 saturated carbocycles. The molecule has 5 nitrogen and oxygen atoms in total. The largest absolute Gasteiger partial charge is 0.435 e. The van der Waals surface area contributed by atoms with Crippen molar-refractivity contribution in [3.8, 4) is 0 Å². The molecule has 0 unspecified atom stereocenters. The highest BCUT2D eigenvalue weighted by Crippen LogP contribution is 1.94. The maximum atomic E-state index is 10.8. The second kappa shape index (κ2) is 6.78. The molecule has 0 rings (SSSR count). The molecule has 0 bridgehead atoms. The van der Waals surface area contributed by atoms with Gasteiger partial charge >= 0.3 is 11.9 Å². The van der Waals surface area contributed by atoms with Gasteiger partial charge in [-0.3, -0.25) is 0 Å². The van der Waals surface area contributed by atoms with E-state index in [1.807, 2.05) is 0 Å². The van der Waals surface area contributed by atoms with Gasteiger partial charge in [-0.25, -0.2) is 9.59 Å². The molecule has 0 N–H and O–H groups in total. The highest BCUT2D eigenvalue weighted by molar-refractivity contribution is 5.87. The van der Waals surface area contributed by atoms with E-state index in [-0.39, 0.29) is 24.7 Å². The highest BCUT2D eigenvalue weighted by Gasteiger charge is 2.04. The number of rotatable bonds is 6. The van der Waals surface area contributed by atoms with Crippen molar-refractivity contribution in [2.45, 2.75) is 13.8 Å². The molecule has 0 aromatic carbocycles. The molecule has 0 heterocycles. The predicted molar refractivity (Wildman–Crippen MR) is 52.6 cm³/mol. The van der Waals surface area contributed by atoms with Crippen LogP contribution in [-0.2, 0) is 23.8 Å². The maximum absolute atomic E-state index is 10.8. The van der Waals surface area contributed by atoms with E-state index in [9.17, 15) is 9.59 Å². The minimum atomic E-state index is -0.554. The predicted octanol–water partition coefficient (Wildman–Crippen LogP) is 1.16. The van der Waals surface area contributed by atoms with E-state index in [0.717, 1.165) is 0 Å². The monoisotopic (exact) mass is 214 g/mol. The fourth-order valence-corrected chi connectivity index (χ4v) is 0.471. The third-order valence-corrected chi connectivity index (χ3v) is 1.24. The van der Waals surface area contributed by atoms with Crippen LogP contribution in [0.1, 0.15) is 13.8 Å². The Morgan fingerprint density at radius 2 is 1.27 bits per heavy atom. The summed E-state index contributed by atoms with van der Waals surface area (Å²) in [6.07, 6.45) is 0. The molecule has 0 aliphatic carbocycles.